The summed E-state index contributed by atoms with van der Waals surface area (Å²) in [5, 5.41) is 0. The zero-order valence-corrected chi connectivity index (χ0v) is 10.1. The van der Waals surface area contributed by atoms with Crippen molar-refractivity contribution in [3.8, 4) is 0 Å². The fraction of sp³-hybridized carbons (Fsp3) is 0.188. The molecule has 1 aromatic heterocycles. The number of hydrogen-bond donors (Lipinski definition) is 0. The van der Waals surface area contributed by atoms with Gasteiger partial charge in [-0.3, -0.25) is 4.98 Å². The average molecular weight is 221 g/mol. The first-order valence-electron chi connectivity index (χ1n) is 5.99. The zero-order valence-electron chi connectivity index (χ0n) is 10.1. The summed E-state index contributed by atoms with van der Waals surface area (Å²) in [6, 6.07) is 10.7. The summed E-state index contributed by atoms with van der Waals surface area (Å²) in [6.07, 6.45) is 6.12. The molecule has 0 saturated heterocycles. The maximum atomic E-state index is 4.16. The van der Waals surface area contributed by atoms with E-state index in [-0.39, 0.29) is 0 Å². The van der Waals surface area contributed by atoms with Crippen molar-refractivity contribution >= 4 is 11.6 Å². The molecule has 0 fully saturated rings. The third kappa shape index (κ3) is 1.59. The Morgan fingerprint density at radius 3 is 2.71 bits per heavy atom. The minimum Gasteiger partial charge on any atom is -0.264 e. The number of pyridine rings is 1. The molecule has 0 aliphatic heterocycles. The van der Waals surface area contributed by atoms with Crippen LogP contribution in [0.15, 0.2) is 42.7 Å². The summed E-state index contributed by atoms with van der Waals surface area (Å²) < 4.78 is 0. The van der Waals surface area contributed by atoms with Gasteiger partial charge in [0.25, 0.3) is 0 Å². The van der Waals surface area contributed by atoms with Gasteiger partial charge in [0.05, 0.1) is 0 Å². The van der Waals surface area contributed by atoms with Gasteiger partial charge in [-0.1, -0.05) is 37.3 Å². The highest BCUT2D eigenvalue weighted by atomic mass is 14.6. The average Bonchev–Trinajstić information content (AvgIpc) is 2.68. The number of fused-ring (bicyclic) bond motifs is 1. The van der Waals surface area contributed by atoms with E-state index in [4.69, 9.17) is 0 Å². The van der Waals surface area contributed by atoms with Crippen molar-refractivity contribution in [3.63, 3.8) is 0 Å². The fourth-order valence-electron chi connectivity index (χ4n) is 2.61. The minimum atomic E-state index is 0.479. The molecule has 1 aromatic carbocycles. The molecule has 1 aliphatic rings. The molecule has 0 amide bonds. The van der Waals surface area contributed by atoms with Crippen LogP contribution in [0.5, 0.6) is 0 Å². The van der Waals surface area contributed by atoms with Crippen molar-refractivity contribution in [2.75, 3.05) is 0 Å². The van der Waals surface area contributed by atoms with E-state index >= 15 is 0 Å². The molecule has 1 nitrogen and oxygen atoms in total. The Bertz CT molecular complexity index is 596. The van der Waals surface area contributed by atoms with Crippen LogP contribution >= 0.6 is 0 Å². The van der Waals surface area contributed by atoms with Crippen molar-refractivity contribution < 1.29 is 0 Å². The number of benzene rings is 1. The van der Waals surface area contributed by atoms with Gasteiger partial charge in [0, 0.05) is 18.3 Å². The van der Waals surface area contributed by atoms with Gasteiger partial charge in [0.2, 0.25) is 0 Å². The lowest BCUT2D eigenvalue weighted by Crippen LogP contribution is -1.95. The molecule has 0 N–H and O–H groups in total. The van der Waals surface area contributed by atoms with Crippen LogP contribution in [0.1, 0.15) is 35.1 Å². The molecule has 1 heterocycles. The highest BCUT2D eigenvalue weighted by Gasteiger charge is 2.22. The summed E-state index contributed by atoms with van der Waals surface area (Å²) in [5.41, 5.74) is 6.76. The third-order valence-electron chi connectivity index (χ3n) is 3.57. The van der Waals surface area contributed by atoms with Crippen LogP contribution in [0.3, 0.4) is 0 Å². The van der Waals surface area contributed by atoms with E-state index in [0.717, 1.165) is 0 Å². The van der Waals surface area contributed by atoms with E-state index in [1.54, 1.807) is 0 Å². The summed E-state index contributed by atoms with van der Waals surface area (Å²) in [7, 11) is 0. The summed E-state index contributed by atoms with van der Waals surface area (Å²) >= 11 is 0. The van der Waals surface area contributed by atoms with E-state index in [9.17, 15) is 0 Å². The number of hydrogen-bond acceptors (Lipinski definition) is 1. The first kappa shape index (κ1) is 10.3. The lowest BCUT2D eigenvalue weighted by Gasteiger charge is -2.13. The van der Waals surface area contributed by atoms with Gasteiger partial charge < -0.3 is 0 Å². The lowest BCUT2D eigenvalue weighted by atomic mass is 9.92. The van der Waals surface area contributed by atoms with Gasteiger partial charge in [-0.05, 0) is 40.8 Å². The second-order valence-electron chi connectivity index (χ2n) is 4.64. The topological polar surface area (TPSA) is 12.9 Å². The van der Waals surface area contributed by atoms with E-state index in [1.165, 1.54) is 27.8 Å². The molecule has 0 radical (unpaired) electrons. The lowest BCUT2D eigenvalue weighted by molar-refractivity contribution is 1.00. The van der Waals surface area contributed by atoms with Gasteiger partial charge in [0.1, 0.15) is 0 Å². The van der Waals surface area contributed by atoms with Crippen molar-refractivity contribution in [1.82, 2.24) is 4.98 Å². The normalized spacial score (nSPS) is 17.8. The minimum absolute atomic E-state index is 0.479. The summed E-state index contributed by atoms with van der Waals surface area (Å²) in [6.45, 7) is 4.40. The second-order valence-corrected chi connectivity index (χ2v) is 4.64. The molecule has 0 bridgehead atoms. The van der Waals surface area contributed by atoms with E-state index in [0.29, 0.717) is 5.92 Å². The van der Waals surface area contributed by atoms with Crippen LogP contribution in [0, 0.1) is 6.92 Å². The van der Waals surface area contributed by atoms with Crippen LogP contribution in [0.4, 0.5) is 0 Å². The van der Waals surface area contributed by atoms with Crippen molar-refractivity contribution in [3.05, 3.63) is 65.0 Å². The Kier molecular flexibility index (Phi) is 2.32. The molecule has 17 heavy (non-hydrogen) atoms. The molecule has 1 aliphatic carbocycles. The van der Waals surface area contributed by atoms with Crippen LogP contribution in [-0.4, -0.2) is 4.98 Å². The first-order valence-corrected chi connectivity index (χ1v) is 5.99. The van der Waals surface area contributed by atoms with E-state index < -0.39 is 0 Å². The largest absolute Gasteiger partial charge is 0.264 e. The number of aromatic nitrogens is 1. The zero-order chi connectivity index (χ0) is 11.8. The molecule has 2 aromatic rings. The van der Waals surface area contributed by atoms with Gasteiger partial charge in [-0.25, -0.2) is 0 Å². The van der Waals surface area contributed by atoms with Gasteiger partial charge in [-0.2, -0.15) is 0 Å². The monoisotopic (exact) mass is 221 g/mol. The van der Waals surface area contributed by atoms with Crippen LogP contribution in [0.25, 0.3) is 11.6 Å². The predicted octanol–water partition coefficient (Wildman–Crippen LogP) is 4.05. The number of nitrogens with zero attached hydrogens (tertiary/aromatic N) is 1. The molecular weight excluding hydrogens is 206 g/mol. The molecule has 1 heteroatoms. The highest BCUT2D eigenvalue weighted by Crippen LogP contribution is 2.41. The molecular formula is C16H15N. The number of allylic oxidation sites excluding steroid dienone is 1. The number of rotatable bonds is 1. The highest BCUT2D eigenvalue weighted by molar-refractivity contribution is 5.91. The molecule has 1 unspecified atom stereocenters. The molecule has 3 rings (SSSR count). The molecule has 1 atom stereocenters. The van der Waals surface area contributed by atoms with Crippen molar-refractivity contribution in [2.24, 2.45) is 0 Å². The van der Waals surface area contributed by atoms with E-state index in [2.05, 4.69) is 55.2 Å². The maximum Gasteiger partial charge on any atom is 0.0303 e. The second kappa shape index (κ2) is 3.85. The Labute approximate surface area is 102 Å². The Balaban J connectivity index is 2.12. The molecule has 84 valence electrons. The Morgan fingerprint density at radius 2 is 1.94 bits per heavy atom. The number of aryl methyl sites for hydroxylation is 1. The Hall–Kier alpha value is -1.89. The molecule has 0 spiro atoms. The quantitative estimate of drug-likeness (QED) is 0.708. The predicted molar refractivity (Wildman–Crippen MR) is 71.7 cm³/mol. The van der Waals surface area contributed by atoms with Gasteiger partial charge >= 0.3 is 0 Å². The van der Waals surface area contributed by atoms with Crippen LogP contribution in [-0.2, 0) is 0 Å². The first-order chi connectivity index (χ1) is 8.27. The fourth-order valence-corrected chi connectivity index (χ4v) is 2.61. The van der Waals surface area contributed by atoms with Gasteiger partial charge in [-0.15, -0.1) is 0 Å². The summed E-state index contributed by atoms with van der Waals surface area (Å²) in [5.74, 6) is 0.479. The van der Waals surface area contributed by atoms with Crippen molar-refractivity contribution in [2.45, 2.75) is 19.8 Å². The standard InChI is InChI=1S/C16H15N/c1-11-10-17-8-7-14(11)16-9-13-5-3-4-6-15(13)12(16)2/h3-10,12H,1-2H3. The SMILES string of the molecule is Cc1cnccc1C1=Cc2ccccc2C1C. The summed E-state index contributed by atoms with van der Waals surface area (Å²) in [4.78, 5) is 4.16. The maximum absolute atomic E-state index is 4.16. The van der Waals surface area contributed by atoms with E-state index in [1.807, 2.05) is 12.4 Å². The Morgan fingerprint density at radius 1 is 1.12 bits per heavy atom. The van der Waals surface area contributed by atoms with Crippen LogP contribution in [0.2, 0.25) is 0 Å². The molecule has 0 saturated carbocycles. The van der Waals surface area contributed by atoms with Gasteiger partial charge in [0.15, 0.2) is 0 Å². The van der Waals surface area contributed by atoms with Crippen molar-refractivity contribution in [1.29, 1.82) is 0 Å². The third-order valence-corrected chi connectivity index (χ3v) is 3.57. The van der Waals surface area contributed by atoms with Crippen LogP contribution < -0.4 is 0 Å². The smallest absolute Gasteiger partial charge is 0.0303 e.